The summed E-state index contributed by atoms with van der Waals surface area (Å²) in [6, 6.07) is 6.18. The molecule has 30 heavy (non-hydrogen) atoms. The van der Waals surface area contributed by atoms with Gasteiger partial charge < -0.3 is 15.4 Å². The van der Waals surface area contributed by atoms with E-state index < -0.39 is 0 Å². The summed E-state index contributed by atoms with van der Waals surface area (Å²) in [5, 5.41) is 6.44. The van der Waals surface area contributed by atoms with Crippen LogP contribution in [0.4, 0.5) is 0 Å². The Kier molecular flexibility index (Phi) is 11.8. The summed E-state index contributed by atoms with van der Waals surface area (Å²) in [5.41, 5.74) is 2.22. The van der Waals surface area contributed by atoms with Gasteiger partial charge in [-0.25, -0.2) is 0 Å². The van der Waals surface area contributed by atoms with E-state index in [0.717, 1.165) is 23.3 Å². The summed E-state index contributed by atoms with van der Waals surface area (Å²) in [4.78, 5) is 29.3. The van der Waals surface area contributed by atoms with E-state index in [1.165, 1.54) is 4.90 Å². The first kappa shape index (κ1) is 26.2. The lowest BCUT2D eigenvalue weighted by Crippen LogP contribution is -2.46. The summed E-state index contributed by atoms with van der Waals surface area (Å²) < 4.78 is 6.00. The van der Waals surface area contributed by atoms with Crippen molar-refractivity contribution in [2.75, 3.05) is 26.7 Å². The molecule has 2 N–H and O–H groups in total. The summed E-state index contributed by atoms with van der Waals surface area (Å²) in [6.07, 6.45) is 2.57. The zero-order chi connectivity index (χ0) is 21.2. The number of ether oxygens (including phenoxy) is 1. The lowest BCUT2D eigenvalue weighted by atomic mass is 10.1. The molecule has 0 saturated carbocycles. The highest BCUT2D eigenvalue weighted by atomic mass is 127. The summed E-state index contributed by atoms with van der Waals surface area (Å²) in [6.45, 7) is 8.49. The van der Waals surface area contributed by atoms with Gasteiger partial charge in [0.05, 0.1) is 6.61 Å². The van der Waals surface area contributed by atoms with Gasteiger partial charge in [0.25, 0.3) is 0 Å². The topological polar surface area (TPSA) is 83.0 Å². The maximum atomic E-state index is 11.9. The van der Waals surface area contributed by atoms with Gasteiger partial charge in [0.1, 0.15) is 5.75 Å². The number of aryl methyl sites for hydroxylation is 1. The van der Waals surface area contributed by atoms with Crippen LogP contribution >= 0.6 is 24.0 Å². The Morgan fingerprint density at radius 1 is 1.20 bits per heavy atom. The molecule has 0 radical (unpaired) electrons. The number of benzene rings is 1. The van der Waals surface area contributed by atoms with Gasteiger partial charge in [-0.3, -0.25) is 19.5 Å². The van der Waals surface area contributed by atoms with E-state index in [4.69, 9.17) is 4.74 Å². The van der Waals surface area contributed by atoms with E-state index in [1.807, 2.05) is 0 Å². The van der Waals surface area contributed by atoms with Crippen molar-refractivity contribution in [3.8, 4) is 5.75 Å². The smallest absolute Gasteiger partial charge is 0.229 e. The lowest BCUT2D eigenvalue weighted by Gasteiger charge is -2.25. The molecule has 7 nitrogen and oxygen atoms in total. The zero-order valence-corrected chi connectivity index (χ0v) is 20.8. The highest BCUT2D eigenvalue weighted by Gasteiger charge is 2.25. The number of guanidine groups is 1. The van der Waals surface area contributed by atoms with Gasteiger partial charge >= 0.3 is 0 Å². The number of hydrogen-bond acceptors (Lipinski definition) is 4. The summed E-state index contributed by atoms with van der Waals surface area (Å²) >= 11 is 0. The Labute approximate surface area is 197 Å². The molecule has 0 unspecified atom stereocenters. The molecule has 0 aliphatic carbocycles. The molecule has 2 amide bonds. The normalized spacial score (nSPS) is 14.6. The van der Waals surface area contributed by atoms with Crippen LogP contribution in [0.5, 0.6) is 5.75 Å². The van der Waals surface area contributed by atoms with Gasteiger partial charge in [0.2, 0.25) is 11.8 Å². The van der Waals surface area contributed by atoms with Crippen molar-refractivity contribution in [1.82, 2.24) is 15.5 Å². The van der Waals surface area contributed by atoms with Crippen molar-refractivity contribution < 1.29 is 14.3 Å². The van der Waals surface area contributed by atoms with Crippen LogP contribution in [0, 0.1) is 12.8 Å². The molecule has 8 heteroatoms. The van der Waals surface area contributed by atoms with E-state index in [-0.39, 0.29) is 35.8 Å². The van der Waals surface area contributed by atoms with Crippen LogP contribution in [-0.4, -0.2) is 49.4 Å². The monoisotopic (exact) mass is 530 g/mol. The average molecular weight is 530 g/mol. The Hall–Kier alpha value is -1.84. The van der Waals surface area contributed by atoms with Crippen LogP contribution in [-0.2, 0) is 16.1 Å². The molecule has 0 spiro atoms. The van der Waals surface area contributed by atoms with E-state index in [0.29, 0.717) is 57.4 Å². The molecule has 1 aliphatic heterocycles. The highest BCUT2D eigenvalue weighted by Crippen LogP contribution is 2.21. The van der Waals surface area contributed by atoms with Crippen molar-refractivity contribution in [2.45, 2.75) is 53.0 Å². The molecule has 1 aliphatic rings. The molecular weight excluding hydrogens is 495 g/mol. The average Bonchev–Trinajstić information content (AvgIpc) is 2.67. The van der Waals surface area contributed by atoms with Crippen molar-refractivity contribution in [1.29, 1.82) is 0 Å². The third kappa shape index (κ3) is 8.49. The van der Waals surface area contributed by atoms with Crippen molar-refractivity contribution in [2.24, 2.45) is 10.9 Å². The molecule has 1 saturated heterocycles. The van der Waals surface area contributed by atoms with Crippen molar-refractivity contribution >= 4 is 41.8 Å². The predicted octanol–water partition coefficient (Wildman–Crippen LogP) is 3.24. The van der Waals surface area contributed by atoms with Gasteiger partial charge in [-0.15, -0.1) is 24.0 Å². The fourth-order valence-electron chi connectivity index (χ4n) is 3.08. The first-order valence-electron chi connectivity index (χ1n) is 10.4. The number of likely N-dealkylation sites (tertiary alicyclic amines) is 1. The number of amides is 2. The quantitative estimate of drug-likeness (QED) is 0.222. The first-order chi connectivity index (χ1) is 13.9. The van der Waals surface area contributed by atoms with Crippen LogP contribution in [0.3, 0.4) is 0 Å². The highest BCUT2D eigenvalue weighted by molar-refractivity contribution is 14.0. The van der Waals surface area contributed by atoms with Gasteiger partial charge in [-0.1, -0.05) is 26.0 Å². The van der Waals surface area contributed by atoms with Gasteiger partial charge in [0.15, 0.2) is 5.96 Å². The number of carbonyl (C=O) groups is 2. The number of imide groups is 1. The fraction of sp³-hybridized carbons (Fsp3) is 0.591. The third-order valence-corrected chi connectivity index (χ3v) is 4.86. The minimum atomic E-state index is -0.0890. The second kappa shape index (κ2) is 13.5. The van der Waals surface area contributed by atoms with Crippen LogP contribution < -0.4 is 15.4 Å². The maximum absolute atomic E-state index is 11.9. The standard InChI is InChI=1S/C22H34N4O3.HI/c1-16(2)10-13-29-19-14-17(3)8-9-18(19)15-25-22(23-4)24-11-12-26-20(27)6-5-7-21(26)28;/h8-9,14,16H,5-7,10-13,15H2,1-4H3,(H2,23,24,25);1H. The molecule has 168 valence electrons. The van der Waals surface area contributed by atoms with E-state index in [2.05, 4.69) is 54.6 Å². The molecule has 0 bridgehead atoms. The zero-order valence-electron chi connectivity index (χ0n) is 18.5. The number of hydrogen-bond donors (Lipinski definition) is 2. The van der Waals surface area contributed by atoms with Crippen LogP contribution in [0.15, 0.2) is 23.2 Å². The number of rotatable bonds is 9. The fourth-order valence-corrected chi connectivity index (χ4v) is 3.08. The lowest BCUT2D eigenvalue weighted by molar-refractivity contribution is -0.147. The van der Waals surface area contributed by atoms with Crippen LogP contribution in [0.1, 0.15) is 50.7 Å². The van der Waals surface area contributed by atoms with E-state index >= 15 is 0 Å². The molecule has 2 rings (SSSR count). The molecule has 1 fully saturated rings. The molecule has 1 aromatic rings. The van der Waals surface area contributed by atoms with Gasteiger partial charge in [-0.2, -0.15) is 0 Å². The Bertz CT molecular complexity index is 721. The molecule has 0 aromatic heterocycles. The summed E-state index contributed by atoms with van der Waals surface area (Å²) in [5.74, 6) is 1.93. The largest absolute Gasteiger partial charge is 0.493 e. The Balaban J connectivity index is 0.00000450. The number of piperidine rings is 1. The summed E-state index contributed by atoms with van der Waals surface area (Å²) in [7, 11) is 1.70. The number of aliphatic imine (C=N–C) groups is 1. The number of nitrogens with one attached hydrogen (secondary N) is 2. The number of halogens is 1. The number of nitrogens with zero attached hydrogens (tertiary/aromatic N) is 2. The van der Waals surface area contributed by atoms with E-state index in [1.54, 1.807) is 7.05 Å². The Morgan fingerprint density at radius 3 is 2.53 bits per heavy atom. The molecule has 0 atom stereocenters. The second-order valence-corrected chi connectivity index (χ2v) is 7.79. The third-order valence-electron chi connectivity index (χ3n) is 4.86. The van der Waals surface area contributed by atoms with Crippen molar-refractivity contribution in [3.63, 3.8) is 0 Å². The van der Waals surface area contributed by atoms with Gasteiger partial charge in [-0.05, 0) is 37.3 Å². The molecule has 1 aromatic carbocycles. The Morgan fingerprint density at radius 2 is 1.90 bits per heavy atom. The number of carbonyl (C=O) groups excluding carboxylic acids is 2. The molecule has 1 heterocycles. The first-order valence-corrected chi connectivity index (χ1v) is 10.4. The minimum absolute atomic E-state index is 0. The van der Waals surface area contributed by atoms with Gasteiger partial charge in [0, 0.05) is 45.1 Å². The second-order valence-electron chi connectivity index (χ2n) is 7.79. The van der Waals surface area contributed by atoms with E-state index in [9.17, 15) is 9.59 Å². The van der Waals surface area contributed by atoms with Crippen molar-refractivity contribution in [3.05, 3.63) is 29.3 Å². The van der Waals surface area contributed by atoms with Crippen LogP contribution in [0.25, 0.3) is 0 Å². The van der Waals surface area contributed by atoms with Crippen LogP contribution in [0.2, 0.25) is 0 Å². The SMILES string of the molecule is CN=C(NCCN1C(=O)CCCC1=O)NCc1ccc(C)cc1OCCC(C)C.I. The predicted molar refractivity (Wildman–Crippen MR) is 130 cm³/mol. The maximum Gasteiger partial charge on any atom is 0.229 e. The minimum Gasteiger partial charge on any atom is -0.493 e. The molecular formula is C22H35IN4O3.